The van der Waals surface area contributed by atoms with E-state index in [0.717, 1.165) is 5.56 Å². The van der Waals surface area contributed by atoms with E-state index in [4.69, 9.17) is 0 Å². The van der Waals surface area contributed by atoms with Crippen LogP contribution < -0.4 is 0 Å². The molecule has 24 heavy (non-hydrogen) atoms. The van der Waals surface area contributed by atoms with Crippen LogP contribution in [0.1, 0.15) is 24.8 Å². The predicted octanol–water partition coefficient (Wildman–Crippen LogP) is 2.46. The van der Waals surface area contributed by atoms with Crippen molar-refractivity contribution in [1.29, 1.82) is 0 Å². The van der Waals surface area contributed by atoms with E-state index in [1.807, 2.05) is 42.5 Å². The second-order valence-corrected chi connectivity index (χ2v) is 9.96. The van der Waals surface area contributed by atoms with Gasteiger partial charge in [-0.2, -0.15) is 0 Å². The van der Waals surface area contributed by atoms with Gasteiger partial charge in [0.2, 0.25) is 0 Å². The fourth-order valence-corrected chi connectivity index (χ4v) is 5.48. The summed E-state index contributed by atoms with van der Waals surface area (Å²) in [6.07, 6.45) is 6.47. The van der Waals surface area contributed by atoms with E-state index < -0.39 is 26.1 Å². The van der Waals surface area contributed by atoms with E-state index in [1.54, 1.807) is 6.21 Å². The minimum absolute atomic E-state index is 0.245. The molecule has 1 aromatic rings. The molecule has 132 valence electrons. The monoisotopic (exact) mass is 373 g/mol. The first-order valence-electron chi connectivity index (χ1n) is 7.50. The van der Waals surface area contributed by atoms with E-state index >= 15 is 0 Å². The van der Waals surface area contributed by atoms with Gasteiger partial charge in [-0.1, -0.05) is 36.4 Å². The van der Waals surface area contributed by atoms with Crippen LogP contribution in [0.25, 0.3) is 0 Å². The molecule has 9 heteroatoms. The van der Waals surface area contributed by atoms with Crippen molar-refractivity contribution in [2.24, 2.45) is 4.99 Å². The first-order chi connectivity index (χ1) is 11.1. The summed E-state index contributed by atoms with van der Waals surface area (Å²) in [4.78, 5) is 41.2. The van der Waals surface area contributed by atoms with Crippen molar-refractivity contribution in [3.63, 3.8) is 0 Å². The molecule has 1 aliphatic rings. The Hall–Kier alpha value is -1.07. The number of hydrogen-bond donors (Lipinski definition) is 4. The van der Waals surface area contributed by atoms with E-state index in [1.165, 1.54) is 0 Å². The van der Waals surface area contributed by atoms with Gasteiger partial charge in [0.15, 0.2) is 5.40 Å². The highest BCUT2D eigenvalue weighted by atomic mass is 31.2. The molecular weight excluding hydrogens is 352 g/mol. The third-order valence-electron chi connectivity index (χ3n) is 4.03. The molecule has 0 aliphatic carbocycles. The minimum atomic E-state index is -4.87. The fourth-order valence-electron chi connectivity index (χ4n) is 2.87. The highest BCUT2D eigenvalue weighted by Crippen LogP contribution is 2.61. The van der Waals surface area contributed by atoms with Crippen LogP contribution in [-0.4, -0.2) is 36.7 Å². The van der Waals surface area contributed by atoms with Gasteiger partial charge in [0, 0.05) is 12.6 Å². The molecule has 1 heterocycles. The summed E-state index contributed by atoms with van der Waals surface area (Å²) >= 11 is 0. The predicted molar refractivity (Wildman–Crippen MR) is 92.2 cm³/mol. The normalized spacial score (nSPS) is 20.9. The minimum Gasteiger partial charge on any atom is -0.324 e. The fraction of sp³-hybridized carbons (Fsp3) is 0.400. The maximum Gasteiger partial charge on any atom is 0.340 e. The highest BCUT2D eigenvalue weighted by Gasteiger charge is 2.43. The lowest BCUT2D eigenvalue weighted by molar-refractivity contribution is 0.331. The van der Waals surface area contributed by atoms with Crippen molar-refractivity contribution >= 4 is 21.4 Å². The summed E-state index contributed by atoms with van der Waals surface area (Å²) in [7, 11) is -9.73. The first-order valence-corrected chi connectivity index (χ1v) is 10.9. The molecule has 0 spiro atoms. The van der Waals surface area contributed by atoms with Crippen molar-refractivity contribution in [3.05, 3.63) is 48.0 Å². The van der Waals surface area contributed by atoms with Crippen LogP contribution in [0, 0.1) is 0 Å². The first kappa shape index (κ1) is 19.3. The standard InChI is InChI=1S/C15H21NO6P2/c17-23(18,19)14(24(20,21)22)8-4-9-15(10-5-11-16-15)12-13-6-2-1-3-7-13/h1-3,5-7,10-11,14H,4,8-9,12H2,(H2,17,18,19)(H2,20,21,22). The van der Waals surface area contributed by atoms with Crippen molar-refractivity contribution in [2.75, 3.05) is 0 Å². The average molecular weight is 373 g/mol. The zero-order chi connectivity index (χ0) is 17.8. The average Bonchev–Trinajstić information content (AvgIpc) is 2.91. The molecule has 7 nitrogen and oxygen atoms in total. The van der Waals surface area contributed by atoms with E-state index in [9.17, 15) is 28.7 Å². The molecule has 1 aliphatic heterocycles. The molecule has 4 N–H and O–H groups in total. The molecule has 0 bridgehead atoms. The molecule has 0 fully saturated rings. The van der Waals surface area contributed by atoms with Crippen LogP contribution in [0.2, 0.25) is 0 Å². The van der Waals surface area contributed by atoms with Crippen LogP contribution in [0.15, 0.2) is 47.5 Å². The number of hydrogen-bond acceptors (Lipinski definition) is 3. The van der Waals surface area contributed by atoms with E-state index in [0.29, 0.717) is 12.8 Å². The number of rotatable bonds is 8. The zero-order valence-electron chi connectivity index (χ0n) is 13.0. The second kappa shape index (κ2) is 7.44. The lowest BCUT2D eigenvalue weighted by Crippen LogP contribution is -2.25. The van der Waals surface area contributed by atoms with E-state index in [-0.39, 0.29) is 12.8 Å². The van der Waals surface area contributed by atoms with Crippen LogP contribution >= 0.6 is 15.2 Å². The van der Waals surface area contributed by atoms with Gasteiger partial charge in [0.05, 0.1) is 5.54 Å². The van der Waals surface area contributed by atoms with Gasteiger partial charge in [-0.25, -0.2) is 0 Å². The number of benzene rings is 1. The summed E-state index contributed by atoms with van der Waals surface area (Å²) in [5, 5.41) is -1.95. The third kappa shape index (κ3) is 5.21. The SMILES string of the molecule is O=P(O)(O)C(CCCC1(Cc2ccccc2)C=CC=N1)P(=O)(O)O. The van der Waals surface area contributed by atoms with Crippen molar-refractivity contribution in [2.45, 2.75) is 36.6 Å². The Kier molecular flexibility index (Phi) is 5.97. The van der Waals surface area contributed by atoms with Crippen molar-refractivity contribution in [1.82, 2.24) is 0 Å². The number of nitrogens with zero attached hydrogens (tertiary/aromatic N) is 1. The van der Waals surface area contributed by atoms with Gasteiger partial charge >= 0.3 is 15.2 Å². The Balaban J connectivity index is 2.05. The number of allylic oxidation sites excluding steroid dienone is 1. The molecule has 0 saturated carbocycles. The molecule has 1 unspecified atom stereocenters. The van der Waals surface area contributed by atoms with Gasteiger partial charge in [-0.15, -0.1) is 0 Å². The number of aliphatic imine (C=N–C) groups is 1. The molecule has 0 aromatic heterocycles. The molecule has 0 saturated heterocycles. The summed E-state index contributed by atoms with van der Waals surface area (Å²) in [5.74, 6) is 0. The van der Waals surface area contributed by atoms with Crippen LogP contribution in [0.4, 0.5) is 0 Å². The molecule has 0 amide bonds. The second-order valence-electron chi connectivity index (χ2n) is 5.95. The maximum atomic E-state index is 11.3. The van der Waals surface area contributed by atoms with Crippen molar-refractivity contribution in [3.8, 4) is 0 Å². The Bertz CT molecular complexity index is 672. The lowest BCUT2D eigenvalue weighted by atomic mass is 9.87. The van der Waals surface area contributed by atoms with Gasteiger partial charge in [-0.05, 0) is 30.9 Å². The molecule has 1 atom stereocenters. The zero-order valence-corrected chi connectivity index (χ0v) is 14.8. The molecule has 1 aromatic carbocycles. The summed E-state index contributed by atoms with van der Waals surface area (Å²) in [6, 6.07) is 9.69. The van der Waals surface area contributed by atoms with Crippen LogP contribution in [0.3, 0.4) is 0 Å². The van der Waals surface area contributed by atoms with Crippen LogP contribution in [0.5, 0.6) is 0 Å². The van der Waals surface area contributed by atoms with Gasteiger partial charge in [-0.3, -0.25) is 14.1 Å². The van der Waals surface area contributed by atoms with Gasteiger partial charge in [0.25, 0.3) is 0 Å². The topological polar surface area (TPSA) is 127 Å². The van der Waals surface area contributed by atoms with Crippen LogP contribution in [-0.2, 0) is 15.6 Å². The van der Waals surface area contributed by atoms with Gasteiger partial charge in [0.1, 0.15) is 0 Å². The Morgan fingerprint density at radius 3 is 2.17 bits per heavy atom. The summed E-state index contributed by atoms with van der Waals surface area (Å²) in [5.41, 5.74) is 0.540. The smallest absolute Gasteiger partial charge is 0.324 e. The quantitative estimate of drug-likeness (QED) is 0.519. The van der Waals surface area contributed by atoms with E-state index in [2.05, 4.69) is 4.99 Å². The largest absolute Gasteiger partial charge is 0.340 e. The van der Waals surface area contributed by atoms with Gasteiger partial charge < -0.3 is 19.6 Å². The summed E-state index contributed by atoms with van der Waals surface area (Å²) in [6.45, 7) is 0. The Morgan fingerprint density at radius 1 is 1.04 bits per heavy atom. The molecule has 0 radical (unpaired) electrons. The maximum absolute atomic E-state index is 11.3. The Morgan fingerprint density at radius 2 is 1.67 bits per heavy atom. The van der Waals surface area contributed by atoms with Crippen molar-refractivity contribution < 1.29 is 28.7 Å². The molecular formula is C15H21NO6P2. The lowest BCUT2D eigenvalue weighted by Gasteiger charge is -2.26. The summed E-state index contributed by atoms with van der Waals surface area (Å²) < 4.78 is 22.7. The third-order valence-corrected chi connectivity index (χ3v) is 7.90. The highest BCUT2D eigenvalue weighted by molar-refractivity contribution is 7.70. The molecule has 2 rings (SSSR count). The Labute approximate surface area is 140 Å².